The fourth-order valence-electron chi connectivity index (χ4n) is 1.09. The van der Waals surface area contributed by atoms with Crippen LogP contribution in [-0.2, 0) is 0 Å². The second-order valence-electron chi connectivity index (χ2n) is 3.04. The van der Waals surface area contributed by atoms with E-state index in [1.165, 1.54) is 0 Å². The lowest BCUT2D eigenvalue weighted by Gasteiger charge is -2.16. The van der Waals surface area contributed by atoms with Gasteiger partial charge in [-0.25, -0.2) is 41.3 Å². The highest BCUT2D eigenvalue weighted by Gasteiger charge is 2.31. The van der Waals surface area contributed by atoms with Gasteiger partial charge >= 0.3 is 17.7 Å². The lowest BCUT2D eigenvalue weighted by molar-refractivity contribution is -0.383. The van der Waals surface area contributed by atoms with Crippen molar-refractivity contribution in [3.63, 3.8) is 0 Å². The van der Waals surface area contributed by atoms with Crippen LogP contribution in [0.25, 0.3) is 0 Å². The van der Waals surface area contributed by atoms with E-state index in [-0.39, 0.29) is 10.0 Å². The molecule has 0 radical (unpaired) electrons. The number of hydrazine groups is 2. The van der Waals surface area contributed by atoms with E-state index in [0.717, 1.165) is 6.33 Å². The molecule has 1 heterocycles. The summed E-state index contributed by atoms with van der Waals surface area (Å²) in [5.74, 6) is 9.14. The Morgan fingerprint density at radius 2 is 1.47 bits per heavy atom. The molecule has 0 bridgehead atoms. The SMILES string of the molecule is NC(=O)N(N)c1ncnc(N(N)C(N)=O)c1[N+](=O)[O-]. The van der Waals surface area contributed by atoms with Crippen molar-refractivity contribution >= 4 is 29.4 Å². The number of nitro groups is 1. The number of amides is 4. The molecule has 0 aliphatic heterocycles. The molecule has 0 saturated carbocycles. The van der Waals surface area contributed by atoms with Crippen LogP contribution in [0.1, 0.15) is 0 Å². The molecule has 13 heteroatoms. The summed E-state index contributed by atoms with van der Waals surface area (Å²) in [4.78, 5) is 38.6. The highest BCUT2D eigenvalue weighted by Crippen LogP contribution is 2.31. The molecule has 1 aromatic rings. The van der Waals surface area contributed by atoms with Crippen LogP contribution in [0.3, 0.4) is 0 Å². The highest BCUT2D eigenvalue weighted by atomic mass is 16.6. The Labute approximate surface area is 104 Å². The normalized spacial score (nSPS) is 9.79. The molecule has 0 saturated heterocycles. The maximum atomic E-state index is 11.0. The average Bonchev–Trinajstić information content (AvgIpc) is 2.35. The Hall–Kier alpha value is -3.06. The topological polar surface area (TPSA) is 214 Å². The molecule has 4 amide bonds. The first-order chi connectivity index (χ1) is 8.77. The van der Waals surface area contributed by atoms with Crippen molar-refractivity contribution in [3.8, 4) is 0 Å². The Kier molecular flexibility index (Phi) is 3.73. The fraction of sp³-hybridized carbons (Fsp3) is 0. The number of anilines is 2. The van der Waals surface area contributed by atoms with E-state index in [1.54, 1.807) is 0 Å². The molecule has 0 fully saturated rings. The van der Waals surface area contributed by atoms with Gasteiger partial charge in [0, 0.05) is 0 Å². The van der Waals surface area contributed by atoms with Gasteiger partial charge in [0.2, 0.25) is 11.6 Å². The van der Waals surface area contributed by atoms with Gasteiger partial charge in [-0.05, 0) is 0 Å². The minimum Gasteiger partial charge on any atom is -0.350 e. The maximum Gasteiger partial charge on any atom is 0.357 e. The Morgan fingerprint density at radius 1 is 1.11 bits per heavy atom. The first kappa shape index (κ1) is 14.0. The largest absolute Gasteiger partial charge is 0.357 e. The van der Waals surface area contributed by atoms with Crippen LogP contribution in [0.15, 0.2) is 6.33 Å². The monoisotopic (exact) mass is 271 g/mol. The van der Waals surface area contributed by atoms with Gasteiger partial charge in [-0.1, -0.05) is 0 Å². The number of hydrogen-bond acceptors (Lipinski definition) is 8. The van der Waals surface area contributed by atoms with Crippen molar-refractivity contribution in [2.45, 2.75) is 0 Å². The number of carbonyl (C=O) groups is 2. The molecule has 8 N–H and O–H groups in total. The molecular weight excluding hydrogens is 262 g/mol. The molecular formula is C6H9N9O4. The molecule has 0 aliphatic carbocycles. The summed E-state index contributed by atoms with van der Waals surface area (Å²) in [7, 11) is 0. The third-order valence-electron chi connectivity index (χ3n) is 1.90. The van der Waals surface area contributed by atoms with E-state index >= 15 is 0 Å². The number of carbonyl (C=O) groups excluding carboxylic acids is 2. The van der Waals surface area contributed by atoms with Gasteiger partial charge in [0.05, 0.1) is 4.92 Å². The van der Waals surface area contributed by atoms with Crippen LogP contribution in [0.4, 0.5) is 26.9 Å². The number of nitrogens with zero attached hydrogens (tertiary/aromatic N) is 5. The van der Waals surface area contributed by atoms with Gasteiger partial charge in [-0.3, -0.25) is 10.1 Å². The third-order valence-corrected chi connectivity index (χ3v) is 1.90. The van der Waals surface area contributed by atoms with E-state index in [4.69, 9.17) is 23.2 Å². The predicted molar refractivity (Wildman–Crippen MR) is 61.2 cm³/mol. The lowest BCUT2D eigenvalue weighted by Crippen LogP contribution is -2.44. The first-order valence-electron chi connectivity index (χ1n) is 4.45. The average molecular weight is 271 g/mol. The van der Waals surface area contributed by atoms with Crippen molar-refractivity contribution in [2.75, 3.05) is 10.0 Å². The van der Waals surface area contributed by atoms with Crippen LogP contribution >= 0.6 is 0 Å². The molecule has 1 rings (SSSR count). The number of rotatable bonds is 3. The zero-order valence-electron chi connectivity index (χ0n) is 9.26. The molecule has 0 unspecified atom stereocenters. The minimum absolute atomic E-state index is 0.206. The van der Waals surface area contributed by atoms with Crippen LogP contribution in [0, 0.1) is 10.1 Å². The summed E-state index contributed by atoms with van der Waals surface area (Å²) in [6.07, 6.45) is 0.795. The standard InChI is InChI=1S/C6H9N9O4/c7-5(16)13(9)3-2(15(18)19)4(12-1-11-3)14(10)6(8)17/h1H,9-10H2,(H2,7,16)(H2,8,17). The number of hydrogen-bond donors (Lipinski definition) is 4. The molecule has 19 heavy (non-hydrogen) atoms. The summed E-state index contributed by atoms with van der Waals surface area (Å²) < 4.78 is 0. The highest BCUT2D eigenvalue weighted by molar-refractivity contribution is 5.96. The van der Waals surface area contributed by atoms with E-state index < -0.39 is 34.3 Å². The van der Waals surface area contributed by atoms with Crippen LogP contribution in [0.2, 0.25) is 0 Å². The third kappa shape index (κ3) is 2.61. The van der Waals surface area contributed by atoms with E-state index in [0.29, 0.717) is 0 Å². The summed E-state index contributed by atoms with van der Waals surface area (Å²) in [6, 6.07) is -2.43. The number of aromatic nitrogens is 2. The minimum atomic E-state index is -1.21. The molecule has 0 aromatic carbocycles. The van der Waals surface area contributed by atoms with Gasteiger partial charge in [0.15, 0.2) is 0 Å². The fourth-order valence-corrected chi connectivity index (χ4v) is 1.09. The molecule has 0 atom stereocenters. The van der Waals surface area contributed by atoms with Crippen molar-refractivity contribution < 1.29 is 14.5 Å². The quantitative estimate of drug-likeness (QED) is 0.206. The summed E-state index contributed by atoms with van der Waals surface area (Å²) in [5, 5.41) is 11.4. The Morgan fingerprint density at radius 3 is 1.74 bits per heavy atom. The zero-order chi connectivity index (χ0) is 14.7. The molecule has 0 spiro atoms. The molecule has 1 aromatic heterocycles. The smallest absolute Gasteiger partial charge is 0.350 e. The van der Waals surface area contributed by atoms with Crippen LogP contribution in [-0.4, -0.2) is 27.0 Å². The molecule has 13 nitrogen and oxygen atoms in total. The molecule has 102 valence electrons. The van der Waals surface area contributed by atoms with E-state index in [1.807, 2.05) is 0 Å². The van der Waals surface area contributed by atoms with E-state index in [2.05, 4.69) is 9.97 Å². The number of urea groups is 2. The zero-order valence-corrected chi connectivity index (χ0v) is 9.26. The lowest BCUT2D eigenvalue weighted by atomic mass is 10.4. The second-order valence-corrected chi connectivity index (χ2v) is 3.04. The summed E-state index contributed by atoms with van der Waals surface area (Å²) >= 11 is 0. The van der Waals surface area contributed by atoms with Crippen LogP contribution in [0.5, 0.6) is 0 Å². The van der Waals surface area contributed by atoms with Gasteiger partial charge in [-0.15, -0.1) is 0 Å². The number of nitrogens with two attached hydrogens (primary N) is 4. The maximum absolute atomic E-state index is 11.0. The van der Waals surface area contributed by atoms with Gasteiger partial charge in [-0.2, -0.15) is 0 Å². The Bertz CT molecular complexity index is 507. The summed E-state index contributed by atoms with van der Waals surface area (Å²) in [5.41, 5.74) is 8.83. The van der Waals surface area contributed by atoms with Crippen molar-refractivity contribution in [2.24, 2.45) is 23.2 Å². The summed E-state index contributed by atoms with van der Waals surface area (Å²) in [6.45, 7) is 0. The van der Waals surface area contributed by atoms with E-state index in [9.17, 15) is 19.7 Å². The van der Waals surface area contributed by atoms with Gasteiger partial charge in [0.25, 0.3) is 0 Å². The number of primary amides is 2. The van der Waals surface area contributed by atoms with Crippen molar-refractivity contribution in [1.29, 1.82) is 0 Å². The Balaban J connectivity index is 3.51. The molecule has 0 aliphatic rings. The predicted octanol–water partition coefficient (Wildman–Crippen LogP) is -2.10. The van der Waals surface area contributed by atoms with Crippen molar-refractivity contribution in [1.82, 2.24) is 9.97 Å². The second kappa shape index (κ2) is 5.07. The van der Waals surface area contributed by atoms with Crippen LogP contribution < -0.4 is 33.2 Å². The van der Waals surface area contributed by atoms with Gasteiger partial charge < -0.3 is 11.5 Å². The van der Waals surface area contributed by atoms with Gasteiger partial charge in [0.1, 0.15) is 6.33 Å². The first-order valence-corrected chi connectivity index (χ1v) is 4.45. The van der Waals surface area contributed by atoms with Crippen molar-refractivity contribution in [3.05, 3.63) is 16.4 Å².